The molecule has 0 saturated heterocycles. The van der Waals surface area contributed by atoms with E-state index in [1.54, 1.807) is 4.57 Å². The van der Waals surface area contributed by atoms with E-state index in [4.69, 9.17) is 5.73 Å². The van der Waals surface area contributed by atoms with Gasteiger partial charge in [0.25, 0.3) is 0 Å². The van der Waals surface area contributed by atoms with Crippen LogP contribution in [0.4, 0.5) is 0 Å². The second-order valence-corrected chi connectivity index (χ2v) is 7.07. The molecule has 0 unspecified atom stereocenters. The van der Waals surface area contributed by atoms with Crippen LogP contribution in [0.2, 0.25) is 0 Å². The zero-order valence-corrected chi connectivity index (χ0v) is 17.2. The number of aryl methyl sites for hydroxylation is 1. The van der Waals surface area contributed by atoms with Gasteiger partial charge in [0.2, 0.25) is 0 Å². The average molecular weight is 396 g/mol. The van der Waals surface area contributed by atoms with Gasteiger partial charge in [0, 0.05) is 36.4 Å². The van der Waals surface area contributed by atoms with Crippen LogP contribution >= 0.6 is 0 Å². The molecule has 8 heteroatoms. The molecule has 0 fully saturated rings. The van der Waals surface area contributed by atoms with E-state index in [9.17, 15) is 4.79 Å². The summed E-state index contributed by atoms with van der Waals surface area (Å²) in [6.07, 6.45) is 2.73. The highest BCUT2D eigenvalue weighted by atomic mass is 16.1. The molecule has 1 aromatic carbocycles. The number of nitrogens with zero attached hydrogens (tertiary/aromatic N) is 3. The first-order valence-electron chi connectivity index (χ1n) is 9.94. The van der Waals surface area contributed by atoms with Crippen LogP contribution in [0.15, 0.2) is 46.3 Å². The molecule has 0 aliphatic heterocycles. The van der Waals surface area contributed by atoms with Crippen LogP contribution in [-0.4, -0.2) is 40.1 Å². The fourth-order valence-corrected chi connectivity index (χ4v) is 3.19. The Hall–Kier alpha value is -3.13. The molecule has 0 aliphatic rings. The molecule has 2 aromatic heterocycles. The first-order valence-corrected chi connectivity index (χ1v) is 9.94. The van der Waals surface area contributed by atoms with Crippen LogP contribution in [0, 0.1) is 6.92 Å². The van der Waals surface area contributed by atoms with E-state index in [1.165, 1.54) is 0 Å². The standard InChI is InChI=1S/C21H29N7O/c1-4-23-20(22)25-11-5-10-24-15(3)16-6-8-18(9-7-16)28-13-17-12-14(2)26-19(17)27-21(28)29/h6-9,12-13,15,24H,4-5,10-11H2,1-3H3,(H3,22,23,25)(H,26,27,29)/t15-/m0/s1. The van der Waals surface area contributed by atoms with Crippen molar-refractivity contribution in [2.45, 2.75) is 33.2 Å². The van der Waals surface area contributed by atoms with E-state index in [0.29, 0.717) is 18.2 Å². The van der Waals surface area contributed by atoms with Crippen molar-refractivity contribution in [3.8, 4) is 5.69 Å². The summed E-state index contributed by atoms with van der Waals surface area (Å²) >= 11 is 0. The smallest absolute Gasteiger partial charge is 0.354 e. The molecule has 0 bridgehead atoms. The number of H-pyrrole nitrogens is 1. The number of hydrogen-bond donors (Lipinski definition) is 4. The Balaban J connectivity index is 1.60. The van der Waals surface area contributed by atoms with Crippen molar-refractivity contribution in [2.75, 3.05) is 19.6 Å². The van der Waals surface area contributed by atoms with Gasteiger partial charge in [-0.25, -0.2) is 4.79 Å². The van der Waals surface area contributed by atoms with Crippen molar-refractivity contribution < 1.29 is 0 Å². The average Bonchev–Trinajstić information content (AvgIpc) is 3.06. The summed E-state index contributed by atoms with van der Waals surface area (Å²) in [6, 6.07) is 10.1. The molecule has 3 rings (SSSR count). The van der Waals surface area contributed by atoms with E-state index in [-0.39, 0.29) is 11.7 Å². The third-order valence-corrected chi connectivity index (χ3v) is 4.74. The Bertz CT molecular complexity index is 1030. The number of aromatic amines is 1. The highest BCUT2D eigenvalue weighted by molar-refractivity contribution is 5.77. The molecule has 8 nitrogen and oxygen atoms in total. The molecule has 29 heavy (non-hydrogen) atoms. The molecule has 2 heterocycles. The van der Waals surface area contributed by atoms with E-state index in [0.717, 1.165) is 41.8 Å². The van der Waals surface area contributed by atoms with Crippen molar-refractivity contribution in [1.82, 2.24) is 25.2 Å². The fraction of sp³-hybridized carbons (Fsp3) is 0.381. The number of aliphatic imine (C=N–C) groups is 1. The SMILES string of the molecule is CCNC(N)=NCCCN[C@@H](C)c1ccc(-n2cc3cc(C)[nH]c3nc2=O)cc1. The Labute approximate surface area is 170 Å². The first-order chi connectivity index (χ1) is 14.0. The zero-order valence-electron chi connectivity index (χ0n) is 17.2. The van der Waals surface area contributed by atoms with Crippen LogP contribution < -0.4 is 22.1 Å². The summed E-state index contributed by atoms with van der Waals surface area (Å²) in [7, 11) is 0. The summed E-state index contributed by atoms with van der Waals surface area (Å²) < 4.78 is 1.57. The lowest BCUT2D eigenvalue weighted by Gasteiger charge is -2.15. The van der Waals surface area contributed by atoms with Crippen molar-refractivity contribution in [3.63, 3.8) is 0 Å². The Morgan fingerprint density at radius 1 is 1.34 bits per heavy atom. The second kappa shape index (κ2) is 9.38. The van der Waals surface area contributed by atoms with Gasteiger partial charge in [-0.15, -0.1) is 0 Å². The summed E-state index contributed by atoms with van der Waals surface area (Å²) in [5, 5.41) is 7.38. The van der Waals surface area contributed by atoms with Crippen LogP contribution in [0.25, 0.3) is 16.7 Å². The molecule has 0 amide bonds. The van der Waals surface area contributed by atoms with E-state index in [1.807, 2.05) is 50.4 Å². The van der Waals surface area contributed by atoms with Crippen molar-refractivity contribution in [3.05, 3.63) is 58.3 Å². The number of guanidine groups is 1. The maximum atomic E-state index is 12.3. The minimum atomic E-state index is -0.296. The predicted molar refractivity (Wildman–Crippen MR) is 118 cm³/mol. The highest BCUT2D eigenvalue weighted by Gasteiger charge is 2.08. The largest absolute Gasteiger partial charge is 0.370 e. The van der Waals surface area contributed by atoms with Crippen LogP contribution in [-0.2, 0) is 0 Å². The molecule has 0 saturated carbocycles. The maximum absolute atomic E-state index is 12.3. The number of rotatable bonds is 8. The fourth-order valence-electron chi connectivity index (χ4n) is 3.19. The van der Waals surface area contributed by atoms with Crippen molar-refractivity contribution >= 4 is 17.0 Å². The molecular weight excluding hydrogens is 366 g/mol. The van der Waals surface area contributed by atoms with Gasteiger partial charge in [-0.1, -0.05) is 12.1 Å². The number of fused-ring (bicyclic) bond motifs is 1. The molecule has 1 atom stereocenters. The van der Waals surface area contributed by atoms with Gasteiger partial charge >= 0.3 is 5.69 Å². The number of benzene rings is 1. The molecule has 0 spiro atoms. The van der Waals surface area contributed by atoms with Crippen LogP contribution in [0.5, 0.6) is 0 Å². The zero-order chi connectivity index (χ0) is 20.8. The van der Waals surface area contributed by atoms with Gasteiger partial charge in [-0.05, 0) is 57.5 Å². The number of aromatic nitrogens is 3. The van der Waals surface area contributed by atoms with Crippen LogP contribution in [0.3, 0.4) is 0 Å². The monoisotopic (exact) mass is 395 g/mol. The minimum absolute atomic E-state index is 0.198. The summed E-state index contributed by atoms with van der Waals surface area (Å²) in [5.41, 5.74) is 8.97. The molecule has 0 aliphatic carbocycles. The van der Waals surface area contributed by atoms with Crippen molar-refractivity contribution in [1.29, 1.82) is 0 Å². The number of hydrogen-bond acceptors (Lipinski definition) is 4. The first kappa shape index (κ1) is 20.6. The molecule has 154 valence electrons. The topological polar surface area (TPSA) is 113 Å². The van der Waals surface area contributed by atoms with Gasteiger partial charge in [0.15, 0.2) is 5.96 Å². The molecule has 3 aromatic rings. The van der Waals surface area contributed by atoms with Crippen LogP contribution in [0.1, 0.15) is 37.6 Å². The van der Waals surface area contributed by atoms with E-state index in [2.05, 4.69) is 32.5 Å². The Morgan fingerprint density at radius 3 is 2.83 bits per heavy atom. The number of nitrogens with one attached hydrogen (secondary N) is 3. The minimum Gasteiger partial charge on any atom is -0.370 e. The van der Waals surface area contributed by atoms with Crippen molar-refractivity contribution in [2.24, 2.45) is 10.7 Å². The maximum Gasteiger partial charge on any atom is 0.354 e. The third-order valence-electron chi connectivity index (χ3n) is 4.74. The summed E-state index contributed by atoms with van der Waals surface area (Å²) in [6.45, 7) is 8.37. The van der Waals surface area contributed by atoms with Gasteiger partial charge < -0.3 is 21.4 Å². The van der Waals surface area contributed by atoms with Gasteiger partial charge in [0.1, 0.15) is 5.65 Å². The third kappa shape index (κ3) is 5.23. The quantitative estimate of drug-likeness (QED) is 0.265. The lowest BCUT2D eigenvalue weighted by molar-refractivity contribution is 0.561. The van der Waals surface area contributed by atoms with Gasteiger partial charge in [-0.2, -0.15) is 4.98 Å². The normalized spacial score (nSPS) is 13.0. The predicted octanol–water partition coefficient (Wildman–Crippen LogP) is 1.99. The molecule has 5 N–H and O–H groups in total. The lowest BCUT2D eigenvalue weighted by Crippen LogP contribution is -2.31. The van der Waals surface area contributed by atoms with E-state index >= 15 is 0 Å². The molecular formula is C21H29N7O. The Morgan fingerprint density at radius 2 is 2.10 bits per heavy atom. The second-order valence-electron chi connectivity index (χ2n) is 7.07. The van der Waals surface area contributed by atoms with Gasteiger partial charge in [0.05, 0.1) is 5.69 Å². The summed E-state index contributed by atoms with van der Waals surface area (Å²) in [4.78, 5) is 23.8. The highest BCUT2D eigenvalue weighted by Crippen LogP contribution is 2.17. The lowest BCUT2D eigenvalue weighted by atomic mass is 10.1. The molecule has 0 radical (unpaired) electrons. The van der Waals surface area contributed by atoms with Gasteiger partial charge in [-0.3, -0.25) is 9.56 Å². The Kier molecular flexibility index (Phi) is 6.66. The summed E-state index contributed by atoms with van der Waals surface area (Å²) in [5.74, 6) is 0.494. The number of nitrogens with two attached hydrogens (primary N) is 1. The van der Waals surface area contributed by atoms with E-state index < -0.39 is 0 Å².